The van der Waals surface area contributed by atoms with Crippen molar-refractivity contribution in [1.29, 1.82) is 0 Å². The van der Waals surface area contributed by atoms with E-state index in [1.807, 2.05) is 13.0 Å². The molecule has 2 N–H and O–H groups in total. The first-order chi connectivity index (χ1) is 4.22. The van der Waals surface area contributed by atoms with Crippen LogP contribution in [0.4, 0.5) is 0 Å². The third kappa shape index (κ3) is 4.82. The average molecular weight is 338 g/mol. The monoisotopic (exact) mass is 338 g/mol. The fraction of sp³-hybridized carbons (Fsp3) is 0.333. The van der Waals surface area contributed by atoms with Crippen molar-refractivity contribution < 1.29 is 4.42 Å². The maximum absolute atomic E-state index is 5.58. The van der Waals surface area contributed by atoms with Gasteiger partial charge in [-0.15, -0.1) is 37.2 Å². The van der Waals surface area contributed by atoms with Gasteiger partial charge in [-0.3, -0.25) is 0 Å². The molecule has 1 unspecified atom stereocenters. The first-order valence-corrected chi connectivity index (χ1v) is 4.19. The number of hydrogen-bond acceptors (Lipinski definition) is 2. The number of furan rings is 1. The van der Waals surface area contributed by atoms with Crippen molar-refractivity contribution in [3.05, 3.63) is 18.1 Å². The molecular formula is C6H11Cl3NOSn. The molecule has 71 valence electrons. The van der Waals surface area contributed by atoms with E-state index < -0.39 is 0 Å². The summed E-state index contributed by atoms with van der Waals surface area (Å²) in [6.45, 7) is 1.92. The molecule has 2 nitrogen and oxygen atoms in total. The molecule has 0 aliphatic heterocycles. The Bertz CT molecular complexity index is 204. The van der Waals surface area contributed by atoms with E-state index in [0.29, 0.717) is 0 Å². The summed E-state index contributed by atoms with van der Waals surface area (Å²) in [4.78, 5) is 0. The van der Waals surface area contributed by atoms with Gasteiger partial charge >= 0.3 is 67.3 Å². The predicted molar refractivity (Wildman–Crippen MR) is 58.4 cm³/mol. The first-order valence-electron chi connectivity index (χ1n) is 2.76. The van der Waals surface area contributed by atoms with Gasteiger partial charge < -0.3 is 0 Å². The molecule has 0 saturated carbocycles. The second-order valence-electron chi connectivity index (χ2n) is 1.99. The Labute approximate surface area is 104 Å². The van der Waals surface area contributed by atoms with E-state index in [4.69, 9.17) is 10.2 Å². The van der Waals surface area contributed by atoms with Crippen molar-refractivity contribution in [2.24, 2.45) is 5.73 Å². The van der Waals surface area contributed by atoms with E-state index >= 15 is 0 Å². The molecule has 0 spiro atoms. The van der Waals surface area contributed by atoms with E-state index in [2.05, 4.69) is 0 Å². The second-order valence-corrected chi connectivity index (χ2v) is 3.52. The van der Waals surface area contributed by atoms with Gasteiger partial charge in [-0.25, -0.2) is 0 Å². The molecule has 0 bridgehead atoms. The van der Waals surface area contributed by atoms with Crippen LogP contribution in [0.3, 0.4) is 0 Å². The Morgan fingerprint density at radius 1 is 1.42 bits per heavy atom. The van der Waals surface area contributed by atoms with Crippen molar-refractivity contribution in [1.82, 2.24) is 0 Å². The largest absolute Gasteiger partial charge is 0.147 e. The van der Waals surface area contributed by atoms with Crippen LogP contribution in [0, 0.1) is 0 Å². The van der Waals surface area contributed by atoms with Crippen LogP contribution in [0.2, 0.25) is 0 Å². The Kier molecular flexibility index (Phi) is 13.2. The molecular weight excluding hydrogens is 327 g/mol. The second kappa shape index (κ2) is 8.50. The molecule has 0 aliphatic rings. The summed E-state index contributed by atoms with van der Waals surface area (Å²) in [5, 5.41) is 0. The van der Waals surface area contributed by atoms with Crippen molar-refractivity contribution in [2.75, 3.05) is 0 Å². The van der Waals surface area contributed by atoms with E-state index in [0.717, 1.165) is 5.76 Å². The summed E-state index contributed by atoms with van der Waals surface area (Å²) in [6.07, 6.45) is 1.68. The first kappa shape index (κ1) is 18.6. The minimum absolute atomic E-state index is 0. The maximum Gasteiger partial charge on any atom is -0.147 e. The Morgan fingerprint density at radius 2 is 1.92 bits per heavy atom. The molecule has 0 amide bonds. The van der Waals surface area contributed by atoms with Crippen molar-refractivity contribution in [3.8, 4) is 0 Å². The van der Waals surface area contributed by atoms with Gasteiger partial charge in [-0.2, -0.15) is 0 Å². The summed E-state index contributed by atoms with van der Waals surface area (Å²) in [5.74, 6) is 0.924. The topological polar surface area (TPSA) is 39.2 Å². The number of rotatable bonds is 1. The molecule has 0 aromatic carbocycles. The van der Waals surface area contributed by atoms with Gasteiger partial charge in [0.05, 0.1) is 0 Å². The SMILES string of the molecule is CC(N)c1occ[c]1[Sn].Cl.Cl.Cl. The molecule has 1 heterocycles. The molecule has 0 aliphatic carbocycles. The molecule has 6 heteroatoms. The summed E-state index contributed by atoms with van der Waals surface area (Å²) in [6, 6.07) is 1.99. The van der Waals surface area contributed by atoms with Gasteiger partial charge in [0.1, 0.15) is 0 Å². The quantitative estimate of drug-likeness (QED) is 0.786. The van der Waals surface area contributed by atoms with Crippen molar-refractivity contribution in [3.63, 3.8) is 0 Å². The van der Waals surface area contributed by atoms with Gasteiger partial charge in [0, 0.05) is 0 Å². The maximum atomic E-state index is 5.58. The molecule has 1 rings (SSSR count). The molecule has 1 atom stereocenters. The number of nitrogens with two attached hydrogens (primary N) is 1. The molecule has 1 aromatic heterocycles. The van der Waals surface area contributed by atoms with Crippen LogP contribution in [-0.2, 0) is 0 Å². The normalized spacial score (nSPS) is 10.2. The summed E-state index contributed by atoms with van der Waals surface area (Å²) < 4.78 is 6.34. The van der Waals surface area contributed by atoms with Crippen LogP contribution in [0.5, 0.6) is 0 Å². The smallest absolute Gasteiger partial charge is 0.147 e. The fourth-order valence-corrected chi connectivity index (χ4v) is 1.69. The summed E-state index contributed by atoms with van der Waals surface area (Å²) in [7, 11) is 0. The molecule has 3 radical (unpaired) electrons. The van der Waals surface area contributed by atoms with Crippen molar-refractivity contribution >= 4 is 63.3 Å². The summed E-state index contributed by atoms with van der Waals surface area (Å²) >= 11 is 1.36. The molecule has 12 heavy (non-hydrogen) atoms. The Hall–Kier alpha value is 0.909. The van der Waals surface area contributed by atoms with Crippen LogP contribution in [0.25, 0.3) is 0 Å². The third-order valence-corrected chi connectivity index (χ3v) is 2.29. The van der Waals surface area contributed by atoms with Gasteiger partial charge in [0.25, 0.3) is 0 Å². The van der Waals surface area contributed by atoms with Crippen LogP contribution in [0.15, 0.2) is 16.7 Å². The van der Waals surface area contributed by atoms with Gasteiger partial charge in [0.2, 0.25) is 0 Å². The fourth-order valence-electron chi connectivity index (χ4n) is 0.674. The zero-order chi connectivity index (χ0) is 6.85. The van der Waals surface area contributed by atoms with E-state index in [1.165, 1.54) is 26.1 Å². The average Bonchev–Trinajstić information content (AvgIpc) is 2.13. The van der Waals surface area contributed by atoms with E-state index in [-0.39, 0.29) is 43.3 Å². The third-order valence-electron chi connectivity index (χ3n) is 1.11. The van der Waals surface area contributed by atoms with Gasteiger partial charge in [-0.1, -0.05) is 0 Å². The van der Waals surface area contributed by atoms with E-state index in [1.54, 1.807) is 6.26 Å². The van der Waals surface area contributed by atoms with Gasteiger partial charge in [0.15, 0.2) is 0 Å². The Balaban J connectivity index is -0.000000270. The molecule has 0 saturated heterocycles. The van der Waals surface area contributed by atoms with Crippen LogP contribution >= 0.6 is 37.2 Å². The van der Waals surface area contributed by atoms with Gasteiger partial charge in [-0.05, 0) is 0 Å². The molecule has 0 fully saturated rings. The zero-order valence-electron chi connectivity index (χ0n) is 6.44. The van der Waals surface area contributed by atoms with Crippen molar-refractivity contribution in [2.45, 2.75) is 13.0 Å². The predicted octanol–water partition coefficient (Wildman–Crippen LogP) is 1.36. The van der Waals surface area contributed by atoms with E-state index in [9.17, 15) is 0 Å². The zero-order valence-corrected chi connectivity index (χ0v) is 11.7. The van der Waals surface area contributed by atoms with Crippen LogP contribution < -0.4 is 9.31 Å². The number of halogens is 3. The standard InChI is InChI=1S/C6H8NO.3ClH.Sn/c1-5(7)6-3-2-4-8-6;;;;/h2,4-5H,7H2,1H3;3*1H;. The molecule has 1 aromatic rings. The van der Waals surface area contributed by atoms with Crippen LogP contribution in [-0.4, -0.2) is 22.5 Å². The summed E-state index contributed by atoms with van der Waals surface area (Å²) in [5.41, 5.74) is 5.58. The number of hydrogen-bond donors (Lipinski definition) is 1. The minimum atomic E-state index is 0. The Morgan fingerprint density at radius 3 is 2.08 bits per heavy atom. The minimum Gasteiger partial charge on any atom is -0.147 e. The van der Waals surface area contributed by atoms with Crippen LogP contribution in [0.1, 0.15) is 18.7 Å².